The van der Waals surface area contributed by atoms with E-state index < -0.39 is 0 Å². The Hall–Kier alpha value is -2.64. The summed E-state index contributed by atoms with van der Waals surface area (Å²) in [5.74, 6) is 0.925. The molecule has 1 saturated heterocycles. The van der Waals surface area contributed by atoms with Gasteiger partial charge in [0.25, 0.3) is 5.91 Å². The van der Waals surface area contributed by atoms with Crippen molar-refractivity contribution in [3.05, 3.63) is 47.0 Å². The first-order valence-electron chi connectivity index (χ1n) is 10.7. The van der Waals surface area contributed by atoms with Crippen molar-refractivity contribution in [1.82, 2.24) is 5.32 Å². The average Bonchev–Trinajstić information content (AvgIpc) is 2.76. The number of morpholine rings is 1. The molecule has 2 aromatic rings. The van der Waals surface area contributed by atoms with Crippen LogP contribution in [0.1, 0.15) is 26.3 Å². The van der Waals surface area contributed by atoms with E-state index in [2.05, 4.69) is 15.5 Å². The third-order valence-electron chi connectivity index (χ3n) is 4.90. The maximum absolute atomic E-state index is 12.0. The van der Waals surface area contributed by atoms with Crippen LogP contribution < -0.4 is 25.0 Å². The third-order valence-corrected chi connectivity index (χ3v) is 5.20. The Labute approximate surface area is 195 Å². The lowest BCUT2D eigenvalue weighted by atomic mass is 10.1. The van der Waals surface area contributed by atoms with Gasteiger partial charge in [-0.1, -0.05) is 17.7 Å². The number of carbonyl (C=O) groups excluding carboxylic acids is 1. The molecule has 0 aliphatic carbocycles. The van der Waals surface area contributed by atoms with Crippen molar-refractivity contribution in [2.45, 2.75) is 32.9 Å². The van der Waals surface area contributed by atoms with Crippen LogP contribution >= 0.6 is 11.6 Å². The van der Waals surface area contributed by atoms with Crippen LogP contribution in [0.3, 0.4) is 0 Å². The van der Waals surface area contributed by atoms with Gasteiger partial charge in [0.05, 0.1) is 31.0 Å². The summed E-state index contributed by atoms with van der Waals surface area (Å²) >= 11 is 6.52. The summed E-state index contributed by atoms with van der Waals surface area (Å²) in [7, 11) is 1.58. The first-order valence-corrected chi connectivity index (χ1v) is 11.1. The third kappa shape index (κ3) is 6.93. The topological polar surface area (TPSA) is 72.1 Å². The van der Waals surface area contributed by atoms with Crippen LogP contribution in [0.15, 0.2) is 36.4 Å². The predicted molar refractivity (Wildman–Crippen MR) is 128 cm³/mol. The van der Waals surface area contributed by atoms with E-state index in [0.29, 0.717) is 23.1 Å². The molecule has 0 bridgehead atoms. The number of hydrogen-bond donors (Lipinski definition) is 2. The fraction of sp³-hybridized carbons (Fsp3) is 0.458. The molecular formula is C24H32ClN3O4. The maximum atomic E-state index is 12.0. The smallest absolute Gasteiger partial charge is 0.258 e. The van der Waals surface area contributed by atoms with Crippen molar-refractivity contribution >= 4 is 28.9 Å². The molecule has 174 valence electrons. The molecule has 0 radical (unpaired) electrons. The molecule has 1 aliphatic heterocycles. The Balaban J connectivity index is 1.58. The van der Waals surface area contributed by atoms with Gasteiger partial charge in [-0.25, -0.2) is 0 Å². The van der Waals surface area contributed by atoms with Gasteiger partial charge in [-0.15, -0.1) is 0 Å². The van der Waals surface area contributed by atoms with Crippen LogP contribution in [0, 0.1) is 0 Å². The molecule has 2 aromatic carbocycles. The van der Waals surface area contributed by atoms with Crippen LogP contribution in [0.25, 0.3) is 0 Å². The lowest BCUT2D eigenvalue weighted by Gasteiger charge is -2.29. The first-order chi connectivity index (χ1) is 15.2. The van der Waals surface area contributed by atoms with Gasteiger partial charge in [0.2, 0.25) is 0 Å². The van der Waals surface area contributed by atoms with Crippen LogP contribution in [-0.2, 0) is 16.1 Å². The number of hydrogen-bond acceptors (Lipinski definition) is 6. The number of halogens is 1. The Morgan fingerprint density at radius 2 is 1.88 bits per heavy atom. The molecule has 32 heavy (non-hydrogen) atoms. The fourth-order valence-corrected chi connectivity index (χ4v) is 3.72. The van der Waals surface area contributed by atoms with Gasteiger partial charge >= 0.3 is 0 Å². The molecular weight excluding hydrogens is 430 g/mol. The first kappa shape index (κ1) is 24.0. The second-order valence-corrected chi connectivity index (χ2v) is 9.10. The van der Waals surface area contributed by atoms with Crippen molar-refractivity contribution in [2.24, 2.45) is 0 Å². The maximum Gasteiger partial charge on any atom is 0.258 e. The lowest BCUT2D eigenvalue weighted by molar-refractivity contribution is -0.124. The van der Waals surface area contributed by atoms with Gasteiger partial charge in [0.1, 0.15) is 0 Å². The van der Waals surface area contributed by atoms with Crippen molar-refractivity contribution < 1.29 is 19.0 Å². The summed E-state index contributed by atoms with van der Waals surface area (Å²) in [6, 6.07) is 11.7. The number of methoxy groups -OCH3 is 1. The number of benzene rings is 2. The summed E-state index contributed by atoms with van der Waals surface area (Å²) in [4.78, 5) is 14.2. The van der Waals surface area contributed by atoms with Crippen LogP contribution in [0.2, 0.25) is 5.02 Å². The molecule has 1 fully saturated rings. The van der Waals surface area contributed by atoms with Crippen LogP contribution in [-0.4, -0.2) is 51.5 Å². The van der Waals surface area contributed by atoms with E-state index in [1.165, 1.54) is 0 Å². The van der Waals surface area contributed by atoms with E-state index in [1.54, 1.807) is 7.11 Å². The zero-order valence-corrected chi connectivity index (χ0v) is 19.9. The Morgan fingerprint density at radius 1 is 1.12 bits per heavy atom. The summed E-state index contributed by atoms with van der Waals surface area (Å²) < 4.78 is 16.5. The molecule has 8 heteroatoms. The summed E-state index contributed by atoms with van der Waals surface area (Å²) in [5, 5.41) is 6.98. The van der Waals surface area contributed by atoms with Gasteiger partial charge in [-0.2, -0.15) is 0 Å². The minimum atomic E-state index is -0.302. The second-order valence-electron chi connectivity index (χ2n) is 8.69. The Kier molecular flexibility index (Phi) is 8.10. The fourth-order valence-electron chi connectivity index (χ4n) is 3.42. The second kappa shape index (κ2) is 10.8. The van der Waals surface area contributed by atoms with E-state index in [9.17, 15) is 4.79 Å². The van der Waals surface area contributed by atoms with E-state index in [4.69, 9.17) is 25.8 Å². The number of carbonyl (C=O) groups is 1. The van der Waals surface area contributed by atoms with Gasteiger partial charge < -0.3 is 29.7 Å². The van der Waals surface area contributed by atoms with Crippen molar-refractivity contribution in [2.75, 3.05) is 50.2 Å². The van der Waals surface area contributed by atoms with Gasteiger partial charge in [-0.05, 0) is 56.7 Å². The zero-order chi connectivity index (χ0) is 23.1. The van der Waals surface area contributed by atoms with Gasteiger partial charge in [-0.3, -0.25) is 4.79 Å². The van der Waals surface area contributed by atoms with Gasteiger partial charge in [0, 0.05) is 30.9 Å². The minimum Gasteiger partial charge on any atom is -0.493 e. The molecule has 0 atom stereocenters. The van der Waals surface area contributed by atoms with E-state index >= 15 is 0 Å². The minimum absolute atomic E-state index is 0.0702. The van der Waals surface area contributed by atoms with E-state index in [0.717, 1.165) is 43.2 Å². The molecule has 7 nitrogen and oxygen atoms in total. The number of nitrogens with one attached hydrogen (secondary N) is 2. The highest BCUT2D eigenvalue weighted by Crippen LogP contribution is 2.31. The monoisotopic (exact) mass is 461 g/mol. The average molecular weight is 462 g/mol. The zero-order valence-electron chi connectivity index (χ0n) is 19.2. The number of rotatable bonds is 8. The molecule has 0 saturated carbocycles. The normalized spacial score (nSPS) is 14.1. The highest BCUT2D eigenvalue weighted by atomic mass is 35.5. The number of anilines is 2. The lowest BCUT2D eigenvalue weighted by Crippen LogP contribution is -2.43. The highest BCUT2D eigenvalue weighted by molar-refractivity contribution is 6.33. The molecule has 2 N–H and O–H groups in total. The van der Waals surface area contributed by atoms with Crippen molar-refractivity contribution in [1.29, 1.82) is 0 Å². The van der Waals surface area contributed by atoms with Crippen LogP contribution in [0.5, 0.6) is 11.5 Å². The standard InChI is InChI=1S/C24H32ClN3O4/c1-24(2,3)27-23(29)16-32-21-8-5-17(13-22(21)30-4)15-26-18-6-7-20(19(25)14-18)28-9-11-31-12-10-28/h5-8,13-14,26H,9-12,15-16H2,1-4H3,(H,27,29). The molecule has 0 spiro atoms. The van der Waals surface area contributed by atoms with Crippen molar-refractivity contribution in [3.8, 4) is 11.5 Å². The van der Waals surface area contributed by atoms with E-state index in [1.807, 2.05) is 57.2 Å². The number of amides is 1. The largest absolute Gasteiger partial charge is 0.493 e. The molecule has 1 heterocycles. The predicted octanol–water partition coefficient (Wildman–Crippen LogP) is 4.09. The molecule has 1 aliphatic rings. The quantitative estimate of drug-likeness (QED) is 0.617. The van der Waals surface area contributed by atoms with Crippen LogP contribution in [0.4, 0.5) is 11.4 Å². The van der Waals surface area contributed by atoms with Crippen molar-refractivity contribution in [3.63, 3.8) is 0 Å². The number of nitrogens with zero attached hydrogens (tertiary/aromatic N) is 1. The molecule has 0 aromatic heterocycles. The summed E-state index contributed by atoms with van der Waals surface area (Å²) in [6.07, 6.45) is 0. The number of ether oxygens (including phenoxy) is 3. The molecule has 3 rings (SSSR count). The molecule has 1 amide bonds. The SMILES string of the molecule is COc1cc(CNc2ccc(N3CCOCC3)c(Cl)c2)ccc1OCC(=O)NC(C)(C)C. The Morgan fingerprint density at radius 3 is 2.53 bits per heavy atom. The van der Waals surface area contributed by atoms with E-state index in [-0.39, 0.29) is 18.1 Å². The molecule has 0 unspecified atom stereocenters. The highest BCUT2D eigenvalue weighted by Gasteiger charge is 2.16. The summed E-state index contributed by atoms with van der Waals surface area (Å²) in [6.45, 7) is 9.44. The van der Waals surface area contributed by atoms with Gasteiger partial charge in [0.15, 0.2) is 18.1 Å². The Bertz CT molecular complexity index is 924. The summed E-state index contributed by atoms with van der Waals surface area (Å²) in [5.41, 5.74) is 2.68.